The fourth-order valence-corrected chi connectivity index (χ4v) is 2.86. The van der Waals surface area contributed by atoms with Crippen LogP contribution in [0.25, 0.3) is 0 Å². The molecule has 1 rings (SSSR count). The van der Waals surface area contributed by atoms with Crippen LogP contribution in [0.3, 0.4) is 0 Å². The molecule has 1 aromatic heterocycles. The maximum atomic E-state index is 12.0. The van der Waals surface area contributed by atoms with E-state index in [1.807, 2.05) is 19.9 Å². The van der Waals surface area contributed by atoms with Crippen molar-refractivity contribution in [1.82, 2.24) is 9.88 Å². The first-order valence-corrected chi connectivity index (χ1v) is 7.73. The number of Topliss-reactive ketones (excluding diaryl/α,β-unsaturated/α-hetero) is 1. The number of aromatic nitrogens is 1. The quantitative estimate of drug-likeness (QED) is 0.582. The van der Waals surface area contributed by atoms with Crippen molar-refractivity contribution < 1.29 is 4.79 Å². The second-order valence-corrected chi connectivity index (χ2v) is 5.60. The van der Waals surface area contributed by atoms with Crippen LogP contribution in [0.15, 0.2) is 6.07 Å². The highest BCUT2D eigenvalue weighted by atomic mass is 32.2. The summed E-state index contributed by atoms with van der Waals surface area (Å²) in [5, 5.41) is 0. The number of rotatable bonds is 8. The van der Waals surface area contributed by atoms with Crippen molar-refractivity contribution in [2.45, 2.75) is 27.7 Å². The van der Waals surface area contributed by atoms with E-state index in [2.05, 4.69) is 23.7 Å². The highest BCUT2D eigenvalue weighted by Gasteiger charge is 2.11. The molecule has 0 amide bonds. The minimum absolute atomic E-state index is 0.237. The number of H-pyrrole nitrogens is 1. The lowest BCUT2D eigenvalue weighted by Crippen LogP contribution is -2.25. The van der Waals surface area contributed by atoms with E-state index in [0.717, 1.165) is 42.3 Å². The number of thioether (sulfide) groups is 1. The Kier molecular flexibility index (Phi) is 6.50. The molecular formula is C14H24N2OS. The third kappa shape index (κ3) is 4.50. The van der Waals surface area contributed by atoms with Crippen molar-refractivity contribution in [3.63, 3.8) is 0 Å². The first-order chi connectivity index (χ1) is 8.58. The standard InChI is InChI=1S/C14H24N2OS/c1-5-16(6-2)7-8-18-10-14(17)13-9-11(3)15-12(13)4/h9,15H,5-8,10H2,1-4H3. The first kappa shape index (κ1) is 15.3. The molecular weight excluding hydrogens is 244 g/mol. The third-order valence-corrected chi connectivity index (χ3v) is 4.07. The molecule has 0 spiro atoms. The van der Waals surface area contributed by atoms with E-state index in [0.29, 0.717) is 5.75 Å². The molecule has 0 bridgehead atoms. The highest BCUT2D eigenvalue weighted by Crippen LogP contribution is 2.13. The molecule has 0 radical (unpaired) electrons. The number of aromatic amines is 1. The predicted molar refractivity (Wildman–Crippen MR) is 79.7 cm³/mol. The van der Waals surface area contributed by atoms with Gasteiger partial charge in [-0.25, -0.2) is 0 Å². The Labute approximate surface area is 114 Å². The van der Waals surface area contributed by atoms with Crippen molar-refractivity contribution in [1.29, 1.82) is 0 Å². The lowest BCUT2D eigenvalue weighted by Gasteiger charge is -2.17. The number of aryl methyl sites for hydroxylation is 2. The van der Waals surface area contributed by atoms with Crippen LogP contribution >= 0.6 is 11.8 Å². The van der Waals surface area contributed by atoms with Crippen molar-refractivity contribution in [2.24, 2.45) is 0 Å². The van der Waals surface area contributed by atoms with Gasteiger partial charge in [0, 0.05) is 29.2 Å². The smallest absolute Gasteiger partial charge is 0.174 e. The average molecular weight is 268 g/mol. The van der Waals surface area contributed by atoms with Crippen LogP contribution in [0, 0.1) is 13.8 Å². The molecule has 1 heterocycles. The SMILES string of the molecule is CCN(CC)CCSCC(=O)c1cc(C)[nH]c1C. The number of ketones is 1. The number of carbonyl (C=O) groups is 1. The molecule has 0 saturated heterocycles. The number of hydrogen-bond acceptors (Lipinski definition) is 3. The monoisotopic (exact) mass is 268 g/mol. The molecule has 0 saturated carbocycles. The molecule has 0 atom stereocenters. The van der Waals surface area contributed by atoms with E-state index in [-0.39, 0.29) is 5.78 Å². The second kappa shape index (κ2) is 7.64. The molecule has 0 fully saturated rings. The van der Waals surface area contributed by atoms with Crippen LogP contribution in [0.5, 0.6) is 0 Å². The first-order valence-electron chi connectivity index (χ1n) is 6.58. The van der Waals surface area contributed by atoms with Gasteiger partial charge in [0.15, 0.2) is 5.78 Å². The highest BCUT2D eigenvalue weighted by molar-refractivity contribution is 8.00. The van der Waals surface area contributed by atoms with Crippen molar-refractivity contribution in [3.8, 4) is 0 Å². The van der Waals surface area contributed by atoms with E-state index in [1.165, 1.54) is 0 Å². The van der Waals surface area contributed by atoms with Crippen LogP contribution in [0.1, 0.15) is 35.6 Å². The van der Waals surface area contributed by atoms with Crippen LogP contribution < -0.4 is 0 Å². The van der Waals surface area contributed by atoms with Gasteiger partial charge in [0.2, 0.25) is 0 Å². The number of nitrogens with zero attached hydrogens (tertiary/aromatic N) is 1. The molecule has 0 aliphatic heterocycles. The average Bonchev–Trinajstić information content (AvgIpc) is 2.68. The summed E-state index contributed by atoms with van der Waals surface area (Å²) in [7, 11) is 0. The van der Waals surface area contributed by atoms with Gasteiger partial charge in [-0.3, -0.25) is 4.79 Å². The van der Waals surface area contributed by atoms with Gasteiger partial charge in [0.1, 0.15) is 0 Å². The van der Waals surface area contributed by atoms with E-state index in [1.54, 1.807) is 11.8 Å². The Bertz CT molecular complexity index is 383. The molecule has 1 aromatic rings. The lowest BCUT2D eigenvalue weighted by molar-refractivity contribution is 0.102. The summed E-state index contributed by atoms with van der Waals surface area (Å²) in [4.78, 5) is 17.6. The Hall–Kier alpha value is -0.740. The molecule has 0 aromatic carbocycles. The Morgan fingerprint density at radius 1 is 1.33 bits per heavy atom. The summed E-state index contributed by atoms with van der Waals surface area (Å²) in [6.07, 6.45) is 0. The van der Waals surface area contributed by atoms with Crippen molar-refractivity contribution in [2.75, 3.05) is 31.1 Å². The summed E-state index contributed by atoms with van der Waals surface area (Å²) in [6.45, 7) is 11.5. The molecule has 18 heavy (non-hydrogen) atoms. The zero-order valence-electron chi connectivity index (χ0n) is 11.9. The van der Waals surface area contributed by atoms with Gasteiger partial charge in [-0.15, -0.1) is 0 Å². The van der Waals surface area contributed by atoms with Gasteiger partial charge in [-0.05, 0) is 33.0 Å². The normalized spacial score (nSPS) is 11.2. The summed E-state index contributed by atoms with van der Waals surface area (Å²) >= 11 is 1.73. The number of hydrogen-bond donors (Lipinski definition) is 1. The fraction of sp³-hybridized carbons (Fsp3) is 0.643. The van der Waals surface area contributed by atoms with Gasteiger partial charge in [-0.1, -0.05) is 13.8 Å². The van der Waals surface area contributed by atoms with E-state index in [9.17, 15) is 4.79 Å². The minimum Gasteiger partial charge on any atom is -0.362 e. The maximum absolute atomic E-state index is 12.0. The molecule has 4 heteroatoms. The molecule has 0 unspecified atom stereocenters. The summed E-state index contributed by atoms with van der Waals surface area (Å²) < 4.78 is 0. The number of carbonyl (C=O) groups excluding carboxylic acids is 1. The van der Waals surface area contributed by atoms with Gasteiger partial charge in [-0.2, -0.15) is 11.8 Å². The van der Waals surface area contributed by atoms with Crippen LogP contribution in [-0.4, -0.2) is 46.8 Å². The zero-order valence-corrected chi connectivity index (χ0v) is 12.7. The van der Waals surface area contributed by atoms with Crippen molar-refractivity contribution in [3.05, 3.63) is 23.0 Å². The third-order valence-electron chi connectivity index (χ3n) is 3.13. The molecule has 3 nitrogen and oxygen atoms in total. The lowest BCUT2D eigenvalue weighted by atomic mass is 10.2. The molecule has 0 aliphatic rings. The van der Waals surface area contributed by atoms with Gasteiger partial charge in [0.25, 0.3) is 0 Å². The summed E-state index contributed by atoms with van der Waals surface area (Å²) in [5.41, 5.74) is 2.90. The Balaban J connectivity index is 2.32. The van der Waals surface area contributed by atoms with Gasteiger partial charge >= 0.3 is 0 Å². The predicted octanol–water partition coefficient (Wildman–Crippen LogP) is 2.89. The van der Waals surface area contributed by atoms with Crippen molar-refractivity contribution >= 4 is 17.5 Å². The molecule has 1 N–H and O–H groups in total. The van der Waals surface area contributed by atoms with E-state index in [4.69, 9.17) is 0 Å². The largest absolute Gasteiger partial charge is 0.362 e. The van der Waals surface area contributed by atoms with Crippen LogP contribution in [-0.2, 0) is 0 Å². The van der Waals surface area contributed by atoms with Gasteiger partial charge in [0.05, 0.1) is 5.75 Å². The summed E-state index contributed by atoms with van der Waals surface area (Å²) in [6, 6.07) is 1.95. The Morgan fingerprint density at radius 2 is 2.00 bits per heavy atom. The number of nitrogens with one attached hydrogen (secondary N) is 1. The van der Waals surface area contributed by atoms with Crippen LogP contribution in [0.4, 0.5) is 0 Å². The minimum atomic E-state index is 0.237. The van der Waals surface area contributed by atoms with Gasteiger partial charge < -0.3 is 9.88 Å². The summed E-state index contributed by atoms with van der Waals surface area (Å²) in [5.74, 6) is 1.84. The Morgan fingerprint density at radius 3 is 2.50 bits per heavy atom. The van der Waals surface area contributed by atoms with E-state index >= 15 is 0 Å². The maximum Gasteiger partial charge on any atom is 0.174 e. The van der Waals surface area contributed by atoms with E-state index < -0.39 is 0 Å². The second-order valence-electron chi connectivity index (χ2n) is 4.49. The fourth-order valence-electron chi connectivity index (χ4n) is 1.99. The topological polar surface area (TPSA) is 36.1 Å². The van der Waals surface area contributed by atoms with Crippen LogP contribution in [0.2, 0.25) is 0 Å². The molecule has 102 valence electrons. The zero-order chi connectivity index (χ0) is 13.5. The molecule has 0 aliphatic carbocycles.